The molecule has 1 aromatic heterocycles. The average molecular weight is 372 g/mol. The van der Waals surface area contributed by atoms with Crippen LogP contribution in [0.4, 0.5) is 0 Å². The van der Waals surface area contributed by atoms with Crippen molar-refractivity contribution in [1.29, 1.82) is 0 Å². The van der Waals surface area contributed by atoms with Crippen LogP contribution in [-0.4, -0.2) is 46.5 Å². The Hall–Kier alpha value is -2.21. The van der Waals surface area contributed by atoms with Gasteiger partial charge in [-0.1, -0.05) is 29.8 Å². The summed E-state index contributed by atoms with van der Waals surface area (Å²) < 4.78 is 5.25. The Kier molecular flexibility index (Phi) is 5.71. The third-order valence-electron chi connectivity index (χ3n) is 4.53. The second-order valence-electron chi connectivity index (χ2n) is 6.73. The number of amides is 2. The highest BCUT2D eigenvalue weighted by Crippen LogP contribution is 2.38. The fraction of sp³-hybridized carbons (Fsp3) is 0.400. The smallest absolute Gasteiger partial charge is 0.289 e. The minimum Gasteiger partial charge on any atom is -0.459 e. The van der Waals surface area contributed by atoms with Crippen molar-refractivity contribution in [2.75, 3.05) is 18.8 Å². The molecule has 1 fully saturated rings. The molecular weight excluding hydrogens is 348 g/mol. The SMILES string of the molecule is Cc1ccc([C@@H]2SCC(=O)N2CCN(C(=O)c2ccco2)C(C)C)cc1. The van der Waals surface area contributed by atoms with Crippen LogP contribution in [-0.2, 0) is 4.79 Å². The zero-order chi connectivity index (χ0) is 18.7. The lowest BCUT2D eigenvalue weighted by molar-refractivity contribution is -0.128. The van der Waals surface area contributed by atoms with Gasteiger partial charge in [-0.15, -0.1) is 11.8 Å². The van der Waals surface area contributed by atoms with Gasteiger partial charge in [0.15, 0.2) is 5.76 Å². The molecule has 6 heteroatoms. The van der Waals surface area contributed by atoms with E-state index in [0.29, 0.717) is 24.6 Å². The van der Waals surface area contributed by atoms with Crippen molar-refractivity contribution < 1.29 is 14.0 Å². The van der Waals surface area contributed by atoms with Gasteiger partial charge in [0, 0.05) is 19.1 Å². The number of hydrogen-bond donors (Lipinski definition) is 0. The average Bonchev–Trinajstić information content (AvgIpc) is 3.26. The van der Waals surface area contributed by atoms with E-state index in [9.17, 15) is 9.59 Å². The molecule has 5 nitrogen and oxygen atoms in total. The molecule has 0 spiro atoms. The van der Waals surface area contributed by atoms with Crippen LogP contribution in [0.15, 0.2) is 47.1 Å². The summed E-state index contributed by atoms with van der Waals surface area (Å²) in [4.78, 5) is 28.7. The molecule has 0 saturated carbocycles. The molecule has 26 heavy (non-hydrogen) atoms. The maximum atomic E-state index is 12.6. The molecule has 0 unspecified atom stereocenters. The predicted octanol–water partition coefficient (Wildman–Crippen LogP) is 3.71. The molecule has 3 rings (SSSR count). The number of rotatable bonds is 6. The van der Waals surface area contributed by atoms with E-state index in [-0.39, 0.29) is 23.2 Å². The van der Waals surface area contributed by atoms with Crippen LogP contribution < -0.4 is 0 Å². The molecule has 1 atom stereocenters. The topological polar surface area (TPSA) is 53.8 Å². The third kappa shape index (κ3) is 3.96. The Balaban J connectivity index is 1.71. The van der Waals surface area contributed by atoms with Crippen LogP contribution in [0, 0.1) is 6.92 Å². The van der Waals surface area contributed by atoms with Gasteiger partial charge < -0.3 is 14.2 Å². The van der Waals surface area contributed by atoms with Crippen molar-refractivity contribution in [3.63, 3.8) is 0 Å². The van der Waals surface area contributed by atoms with Gasteiger partial charge in [-0.25, -0.2) is 0 Å². The van der Waals surface area contributed by atoms with Gasteiger partial charge in [-0.3, -0.25) is 9.59 Å². The summed E-state index contributed by atoms with van der Waals surface area (Å²) in [6.45, 7) is 6.98. The number of nitrogens with zero attached hydrogens (tertiary/aromatic N) is 2. The molecule has 1 aromatic carbocycles. The Bertz CT molecular complexity index is 756. The van der Waals surface area contributed by atoms with Crippen molar-refractivity contribution >= 4 is 23.6 Å². The Labute approximate surface area is 158 Å². The van der Waals surface area contributed by atoms with Crippen molar-refractivity contribution in [2.24, 2.45) is 0 Å². The van der Waals surface area contributed by atoms with Crippen LogP contribution in [0.1, 0.15) is 40.9 Å². The fourth-order valence-electron chi connectivity index (χ4n) is 3.05. The molecule has 1 aliphatic rings. The molecule has 1 aliphatic heterocycles. The van der Waals surface area contributed by atoms with Crippen LogP contribution in [0.25, 0.3) is 0 Å². The summed E-state index contributed by atoms with van der Waals surface area (Å²) in [5.74, 6) is 0.786. The first-order valence-corrected chi connectivity index (χ1v) is 9.84. The van der Waals surface area contributed by atoms with Gasteiger partial charge in [0.25, 0.3) is 5.91 Å². The highest BCUT2D eigenvalue weighted by molar-refractivity contribution is 8.00. The van der Waals surface area contributed by atoms with Crippen molar-refractivity contribution in [3.05, 3.63) is 59.5 Å². The summed E-state index contributed by atoms with van der Waals surface area (Å²) >= 11 is 1.64. The van der Waals surface area contributed by atoms with Gasteiger partial charge in [-0.2, -0.15) is 0 Å². The van der Waals surface area contributed by atoms with E-state index in [1.807, 2.05) is 18.7 Å². The normalized spacial score (nSPS) is 17.2. The van der Waals surface area contributed by atoms with Gasteiger partial charge >= 0.3 is 0 Å². The molecule has 2 aromatic rings. The monoisotopic (exact) mass is 372 g/mol. The van der Waals surface area contributed by atoms with Crippen molar-refractivity contribution in [2.45, 2.75) is 32.2 Å². The number of aryl methyl sites for hydroxylation is 1. The largest absolute Gasteiger partial charge is 0.459 e. The Morgan fingerprint density at radius 3 is 2.65 bits per heavy atom. The summed E-state index contributed by atoms with van der Waals surface area (Å²) in [7, 11) is 0. The molecular formula is C20H24N2O3S. The Morgan fingerprint density at radius 1 is 1.31 bits per heavy atom. The lowest BCUT2D eigenvalue weighted by atomic mass is 10.1. The first-order chi connectivity index (χ1) is 12.5. The van der Waals surface area contributed by atoms with E-state index in [0.717, 1.165) is 5.56 Å². The molecule has 0 aliphatic carbocycles. The molecule has 0 radical (unpaired) electrons. The number of thioether (sulfide) groups is 1. The van der Waals surface area contributed by atoms with Gasteiger partial charge in [0.1, 0.15) is 5.37 Å². The number of carbonyl (C=O) groups is 2. The maximum Gasteiger partial charge on any atom is 0.289 e. The van der Waals surface area contributed by atoms with E-state index in [1.165, 1.54) is 11.8 Å². The highest BCUT2D eigenvalue weighted by Gasteiger charge is 2.33. The van der Waals surface area contributed by atoms with Crippen LogP contribution in [0.5, 0.6) is 0 Å². The summed E-state index contributed by atoms with van der Waals surface area (Å²) in [5, 5.41) is 0.0100. The predicted molar refractivity (Wildman–Crippen MR) is 103 cm³/mol. The van der Waals surface area contributed by atoms with E-state index < -0.39 is 0 Å². The highest BCUT2D eigenvalue weighted by atomic mass is 32.2. The van der Waals surface area contributed by atoms with Crippen LogP contribution in [0.3, 0.4) is 0 Å². The zero-order valence-corrected chi connectivity index (χ0v) is 16.2. The first kappa shape index (κ1) is 18.6. The van der Waals surface area contributed by atoms with Gasteiger partial charge in [-0.05, 0) is 38.5 Å². The lowest BCUT2D eigenvalue weighted by Crippen LogP contribution is -2.43. The number of carbonyl (C=O) groups excluding carboxylic acids is 2. The van der Waals surface area contributed by atoms with E-state index in [2.05, 4.69) is 31.2 Å². The number of furan rings is 1. The van der Waals surface area contributed by atoms with Gasteiger partial charge in [0.05, 0.1) is 12.0 Å². The van der Waals surface area contributed by atoms with Gasteiger partial charge in [0.2, 0.25) is 5.91 Å². The van der Waals surface area contributed by atoms with E-state index >= 15 is 0 Å². The summed E-state index contributed by atoms with van der Waals surface area (Å²) in [6, 6.07) is 11.7. The molecule has 2 heterocycles. The standard InChI is InChI=1S/C20H24N2O3S/c1-14(2)21(19(24)17-5-4-12-25-17)10-11-22-18(23)13-26-20(22)16-8-6-15(3)7-9-16/h4-9,12,14,20H,10-11,13H2,1-3H3/t20-/m0/s1. The Morgan fingerprint density at radius 2 is 2.04 bits per heavy atom. The fourth-order valence-corrected chi connectivity index (χ4v) is 4.27. The summed E-state index contributed by atoms with van der Waals surface area (Å²) in [5.41, 5.74) is 2.32. The molecule has 138 valence electrons. The van der Waals surface area contributed by atoms with E-state index in [4.69, 9.17) is 4.42 Å². The van der Waals surface area contributed by atoms with Crippen LogP contribution >= 0.6 is 11.8 Å². The molecule has 1 saturated heterocycles. The minimum absolute atomic E-state index is 0.0100. The summed E-state index contributed by atoms with van der Waals surface area (Å²) in [6.07, 6.45) is 1.50. The minimum atomic E-state index is -0.142. The third-order valence-corrected chi connectivity index (χ3v) is 5.78. The van der Waals surface area contributed by atoms with Crippen molar-refractivity contribution in [3.8, 4) is 0 Å². The first-order valence-electron chi connectivity index (χ1n) is 8.79. The second-order valence-corrected chi connectivity index (χ2v) is 7.80. The second kappa shape index (κ2) is 7.99. The van der Waals surface area contributed by atoms with E-state index in [1.54, 1.807) is 28.8 Å². The number of benzene rings is 1. The molecule has 0 bridgehead atoms. The number of hydrogen-bond acceptors (Lipinski definition) is 4. The zero-order valence-electron chi connectivity index (χ0n) is 15.3. The van der Waals surface area contributed by atoms with Crippen molar-refractivity contribution in [1.82, 2.24) is 9.80 Å². The quantitative estimate of drug-likeness (QED) is 0.776. The lowest BCUT2D eigenvalue weighted by Gasteiger charge is -2.30. The molecule has 2 amide bonds. The van der Waals surface area contributed by atoms with Crippen LogP contribution in [0.2, 0.25) is 0 Å². The maximum absolute atomic E-state index is 12.6. The molecule has 0 N–H and O–H groups in total.